The summed E-state index contributed by atoms with van der Waals surface area (Å²) in [6.07, 6.45) is 10.0. The van der Waals surface area contributed by atoms with Gasteiger partial charge in [-0.25, -0.2) is 0 Å². The molecule has 1 aliphatic carbocycles. The molecular weight excluding hydrogens is 282 g/mol. The summed E-state index contributed by atoms with van der Waals surface area (Å²) < 4.78 is 6.30. The Hall–Kier alpha value is -0.570. The molecule has 1 saturated heterocycles. The number of halogens is 1. The van der Waals surface area contributed by atoms with Crippen LogP contribution < -0.4 is 0 Å². The lowest BCUT2D eigenvalue weighted by atomic mass is 9.97. The van der Waals surface area contributed by atoms with Crippen LogP contribution in [0.25, 0.3) is 0 Å². The van der Waals surface area contributed by atoms with Crippen molar-refractivity contribution in [3.8, 4) is 0 Å². The van der Waals surface area contributed by atoms with E-state index in [-0.39, 0.29) is 0 Å². The van der Waals surface area contributed by atoms with Crippen LogP contribution in [0.5, 0.6) is 0 Å². The van der Waals surface area contributed by atoms with E-state index in [0.29, 0.717) is 12.2 Å². The second-order valence-electron chi connectivity index (χ2n) is 6.46. The van der Waals surface area contributed by atoms with E-state index in [1.165, 1.54) is 50.5 Å². The molecule has 0 spiro atoms. The highest BCUT2D eigenvalue weighted by molar-refractivity contribution is 6.31. The van der Waals surface area contributed by atoms with Crippen LogP contribution in [0.2, 0.25) is 5.02 Å². The fourth-order valence-corrected chi connectivity index (χ4v) is 3.74. The Balaban J connectivity index is 1.43. The van der Waals surface area contributed by atoms with E-state index in [2.05, 4.69) is 17.0 Å². The molecule has 1 aromatic rings. The first-order chi connectivity index (χ1) is 10.3. The molecule has 0 atom stereocenters. The van der Waals surface area contributed by atoms with Gasteiger partial charge in [0.1, 0.15) is 0 Å². The maximum atomic E-state index is 6.30. The summed E-state index contributed by atoms with van der Waals surface area (Å²) in [5.74, 6) is 0. The zero-order chi connectivity index (χ0) is 14.5. The van der Waals surface area contributed by atoms with Crippen molar-refractivity contribution in [1.82, 2.24) is 4.90 Å². The first-order valence-corrected chi connectivity index (χ1v) is 8.80. The lowest BCUT2D eigenvalue weighted by Gasteiger charge is -2.35. The Bertz CT molecular complexity index is 437. The molecule has 3 heteroatoms. The van der Waals surface area contributed by atoms with Crippen LogP contribution in [0.3, 0.4) is 0 Å². The second kappa shape index (κ2) is 7.62. The van der Waals surface area contributed by atoms with Crippen LogP contribution in [0.4, 0.5) is 0 Å². The van der Waals surface area contributed by atoms with Gasteiger partial charge in [-0.2, -0.15) is 0 Å². The number of piperidine rings is 1. The van der Waals surface area contributed by atoms with E-state index in [0.717, 1.165) is 24.7 Å². The van der Waals surface area contributed by atoms with Crippen molar-refractivity contribution >= 4 is 11.6 Å². The quantitative estimate of drug-likeness (QED) is 0.802. The lowest BCUT2D eigenvalue weighted by Crippen LogP contribution is -2.38. The molecule has 1 aromatic carbocycles. The number of hydrogen-bond acceptors (Lipinski definition) is 2. The van der Waals surface area contributed by atoms with Gasteiger partial charge < -0.3 is 4.74 Å². The Kier molecular flexibility index (Phi) is 5.56. The molecule has 1 heterocycles. The summed E-state index contributed by atoms with van der Waals surface area (Å²) >= 11 is 6.25. The van der Waals surface area contributed by atoms with E-state index < -0.39 is 0 Å². The molecule has 1 saturated carbocycles. The number of benzene rings is 1. The van der Waals surface area contributed by atoms with Crippen molar-refractivity contribution in [3.05, 3.63) is 34.9 Å². The minimum Gasteiger partial charge on any atom is -0.375 e. The standard InChI is InChI=1S/C18H26ClNO/c19-18-9-5-4-6-15(18)14-20-12-10-17(11-13-20)21-16-7-2-1-3-8-16/h4-6,9,16-17H,1-3,7-8,10-14H2. The molecule has 3 rings (SSSR count). The van der Waals surface area contributed by atoms with Gasteiger partial charge >= 0.3 is 0 Å². The maximum Gasteiger partial charge on any atom is 0.0603 e. The topological polar surface area (TPSA) is 12.5 Å². The first-order valence-electron chi connectivity index (χ1n) is 8.42. The summed E-state index contributed by atoms with van der Waals surface area (Å²) in [7, 11) is 0. The van der Waals surface area contributed by atoms with Crippen molar-refractivity contribution in [2.75, 3.05) is 13.1 Å². The van der Waals surface area contributed by atoms with Crippen molar-refractivity contribution in [1.29, 1.82) is 0 Å². The molecule has 0 radical (unpaired) electrons. The predicted molar refractivity (Wildman–Crippen MR) is 87.7 cm³/mol. The Morgan fingerprint density at radius 3 is 2.33 bits per heavy atom. The van der Waals surface area contributed by atoms with Crippen molar-refractivity contribution < 1.29 is 4.74 Å². The van der Waals surface area contributed by atoms with Crippen LogP contribution in [0, 0.1) is 0 Å². The number of rotatable bonds is 4. The van der Waals surface area contributed by atoms with Gasteiger partial charge in [-0.3, -0.25) is 4.90 Å². The molecule has 0 N–H and O–H groups in total. The second-order valence-corrected chi connectivity index (χ2v) is 6.87. The van der Waals surface area contributed by atoms with Gasteiger partial charge in [0, 0.05) is 24.7 Å². The number of nitrogens with zero attached hydrogens (tertiary/aromatic N) is 1. The average Bonchev–Trinajstić information content (AvgIpc) is 2.52. The monoisotopic (exact) mass is 307 g/mol. The van der Waals surface area contributed by atoms with E-state index in [1.54, 1.807) is 0 Å². The number of likely N-dealkylation sites (tertiary alicyclic amines) is 1. The average molecular weight is 308 g/mol. The molecular formula is C18H26ClNO. The third kappa shape index (κ3) is 4.45. The molecule has 0 bridgehead atoms. The molecule has 0 amide bonds. The maximum absolute atomic E-state index is 6.30. The Labute approximate surface area is 133 Å². The fraction of sp³-hybridized carbons (Fsp3) is 0.667. The van der Waals surface area contributed by atoms with Gasteiger partial charge in [0.25, 0.3) is 0 Å². The molecule has 2 fully saturated rings. The smallest absolute Gasteiger partial charge is 0.0603 e. The molecule has 116 valence electrons. The minimum absolute atomic E-state index is 0.482. The van der Waals surface area contributed by atoms with Gasteiger partial charge in [0.15, 0.2) is 0 Å². The van der Waals surface area contributed by atoms with Gasteiger partial charge in [-0.1, -0.05) is 49.1 Å². The molecule has 1 aliphatic heterocycles. The summed E-state index contributed by atoms with van der Waals surface area (Å²) in [6.45, 7) is 3.22. The van der Waals surface area contributed by atoms with Gasteiger partial charge in [-0.05, 0) is 37.3 Å². The summed E-state index contributed by atoms with van der Waals surface area (Å²) in [5.41, 5.74) is 1.24. The largest absolute Gasteiger partial charge is 0.375 e. The first kappa shape index (κ1) is 15.3. The van der Waals surface area contributed by atoms with Gasteiger partial charge in [-0.15, -0.1) is 0 Å². The summed E-state index contributed by atoms with van der Waals surface area (Å²) in [5, 5.41) is 0.887. The van der Waals surface area contributed by atoms with Gasteiger partial charge in [0.2, 0.25) is 0 Å². The van der Waals surface area contributed by atoms with Crippen LogP contribution >= 0.6 is 11.6 Å². The highest BCUT2D eigenvalue weighted by Gasteiger charge is 2.24. The van der Waals surface area contributed by atoms with E-state index in [4.69, 9.17) is 16.3 Å². The van der Waals surface area contributed by atoms with Crippen LogP contribution in [0.15, 0.2) is 24.3 Å². The fourth-order valence-electron chi connectivity index (χ4n) is 3.54. The Morgan fingerprint density at radius 2 is 1.62 bits per heavy atom. The summed E-state index contributed by atoms with van der Waals surface area (Å²) in [4.78, 5) is 2.50. The molecule has 0 aromatic heterocycles. The van der Waals surface area contributed by atoms with Crippen LogP contribution in [-0.2, 0) is 11.3 Å². The third-order valence-electron chi connectivity index (χ3n) is 4.82. The SMILES string of the molecule is Clc1ccccc1CN1CCC(OC2CCCCC2)CC1. The van der Waals surface area contributed by atoms with Crippen LogP contribution in [0.1, 0.15) is 50.5 Å². The number of ether oxygens (including phenoxy) is 1. The normalized spacial score (nSPS) is 22.5. The number of hydrogen-bond donors (Lipinski definition) is 0. The molecule has 2 aliphatic rings. The zero-order valence-corrected chi connectivity index (χ0v) is 13.5. The third-order valence-corrected chi connectivity index (χ3v) is 5.19. The summed E-state index contributed by atoms with van der Waals surface area (Å²) in [6, 6.07) is 8.18. The lowest BCUT2D eigenvalue weighted by molar-refractivity contribution is -0.0565. The Morgan fingerprint density at radius 1 is 0.952 bits per heavy atom. The van der Waals surface area contributed by atoms with E-state index >= 15 is 0 Å². The molecule has 2 nitrogen and oxygen atoms in total. The highest BCUT2D eigenvalue weighted by Crippen LogP contribution is 2.25. The van der Waals surface area contributed by atoms with Crippen molar-refractivity contribution in [2.45, 2.75) is 63.7 Å². The molecule has 21 heavy (non-hydrogen) atoms. The van der Waals surface area contributed by atoms with E-state index in [1.807, 2.05) is 12.1 Å². The van der Waals surface area contributed by atoms with Crippen molar-refractivity contribution in [2.24, 2.45) is 0 Å². The zero-order valence-electron chi connectivity index (χ0n) is 12.8. The van der Waals surface area contributed by atoms with Crippen LogP contribution in [-0.4, -0.2) is 30.2 Å². The highest BCUT2D eigenvalue weighted by atomic mass is 35.5. The predicted octanol–water partition coefficient (Wildman–Crippen LogP) is 4.65. The van der Waals surface area contributed by atoms with Gasteiger partial charge in [0.05, 0.1) is 12.2 Å². The van der Waals surface area contributed by atoms with E-state index in [9.17, 15) is 0 Å². The minimum atomic E-state index is 0.482. The van der Waals surface area contributed by atoms with Crippen molar-refractivity contribution in [3.63, 3.8) is 0 Å². The molecule has 0 unspecified atom stereocenters.